The molecule has 0 bridgehead atoms. The fraction of sp³-hybridized carbons (Fsp3) is 0.455. The van der Waals surface area contributed by atoms with E-state index in [-0.39, 0.29) is 5.69 Å². The maximum Gasteiger partial charge on any atom is 0.273 e. The Morgan fingerprint density at radius 1 is 1.47 bits per heavy atom. The first-order chi connectivity index (χ1) is 7.72. The van der Waals surface area contributed by atoms with Crippen molar-refractivity contribution in [3.8, 4) is 0 Å². The number of nitrogens with two attached hydrogens (primary N) is 1. The molecule has 94 valence electrons. The number of aliphatic hydroxyl groups is 1. The van der Waals surface area contributed by atoms with Crippen LogP contribution in [0, 0.1) is 10.1 Å². The summed E-state index contributed by atoms with van der Waals surface area (Å²) in [5.74, 6) is 0. The normalized spacial score (nSPS) is 13.2. The number of nitrogens with zero attached hydrogens (tertiary/aromatic N) is 1. The SMILES string of the molecule is CC(O)C(C)(C)Nc1cc(N)cc([N+](=O)[O-])c1. The molecule has 0 heterocycles. The molecule has 0 aliphatic rings. The van der Waals surface area contributed by atoms with Crippen molar-refractivity contribution < 1.29 is 10.0 Å². The Kier molecular flexibility index (Phi) is 3.57. The van der Waals surface area contributed by atoms with E-state index in [0.717, 1.165) is 0 Å². The van der Waals surface area contributed by atoms with Gasteiger partial charge in [-0.1, -0.05) is 0 Å². The third-order valence-electron chi connectivity index (χ3n) is 2.66. The van der Waals surface area contributed by atoms with Crippen LogP contribution in [-0.4, -0.2) is 21.7 Å². The van der Waals surface area contributed by atoms with E-state index in [0.29, 0.717) is 11.4 Å². The van der Waals surface area contributed by atoms with Crippen LogP contribution in [0.25, 0.3) is 0 Å². The summed E-state index contributed by atoms with van der Waals surface area (Å²) in [6.45, 7) is 5.24. The van der Waals surface area contributed by atoms with Crippen LogP contribution in [0.2, 0.25) is 0 Å². The van der Waals surface area contributed by atoms with Gasteiger partial charge in [0, 0.05) is 23.5 Å². The molecule has 0 radical (unpaired) electrons. The fourth-order valence-corrected chi connectivity index (χ4v) is 1.29. The fourth-order valence-electron chi connectivity index (χ4n) is 1.29. The van der Waals surface area contributed by atoms with Gasteiger partial charge in [-0.15, -0.1) is 0 Å². The van der Waals surface area contributed by atoms with Crippen LogP contribution < -0.4 is 11.1 Å². The first kappa shape index (κ1) is 13.2. The third kappa shape index (κ3) is 3.32. The van der Waals surface area contributed by atoms with E-state index >= 15 is 0 Å². The van der Waals surface area contributed by atoms with Crippen LogP contribution in [0.1, 0.15) is 20.8 Å². The lowest BCUT2D eigenvalue weighted by molar-refractivity contribution is -0.384. The molecule has 0 amide bonds. The maximum absolute atomic E-state index is 10.7. The lowest BCUT2D eigenvalue weighted by Crippen LogP contribution is -2.41. The highest BCUT2D eigenvalue weighted by Crippen LogP contribution is 2.25. The molecule has 4 N–H and O–H groups in total. The molecule has 0 saturated heterocycles. The lowest BCUT2D eigenvalue weighted by Gasteiger charge is -2.30. The van der Waals surface area contributed by atoms with Crippen LogP contribution in [-0.2, 0) is 0 Å². The van der Waals surface area contributed by atoms with Gasteiger partial charge in [0.25, 0.3) is 5.69 Å². The van der Waals surface area contributed by atoms with Crippen molar-refractivity contribution >= 4 is 17.1 Å². The summed E-state index contributed by atoms with van der Waals surface area (Å²) in [5, 5.41) is 23.3. The molecule has 1 rings (SSSR count). The van der Waals surface area contributed by atoms with Crippen molar-refractivity contribution in [3.05, 3.63) is 28.3 Å². The molecule has 0 aromatic heterocycles. The van der Waals surface area contributed by atoms with Crippen molar-refractivity contribution in [1.82, 2.24) is 0 Å². The van der Waals surface area contributed by atoms with E-state index in [4.69, 9.17) is 5.73 Å². The van der Waals surface area contributed by atoms with Gasteiger partial charge in [-0.05, 0) is 26.8 Å². The van der Waals surface area contributed by atoms with Gasteiger partial charge in [0.2, 0.25) is 0 Å². The molecule has 0 saturated carbocycles. The second-order valence-corrected chi connectivity index (χ2v) is 4.59. The number of hydrogen-bond donors (Lipinski definition) is 3. The molecule has 0 spiro atoms. The van der Waals surface area contributed by atoms with Crippen LogP contribution in [0.3, 0.4) is 0 Å². The van der Waals surface area contributed by atoms with Crippen LogP contribution in [0.5, 0.6) is 0 Å². The molecular weight excluding hydrogens is 222 g/mol. The summed E-state index contributed by atoms with van der Waals surface area (Å²) in [6.07, 6.45) is -0.608. The Hall–Kier alpha value is -1.82. The molecule has 17 heavy (non-hydrogen) atoms. The molecule has 1 atom stereocenters. The average Bonchev–Trinajstić information content (AvgIpc) is 2.15. The zero-order valence-electron chi connectivity index (χ0n) is 10.1. The Bertz CT molecular complexity index is 430. The number of non-ortho nitro benzene ring substituents is 1. The molecule has 0 fully saturated rings. The van der Waals surface area contributed by atoms with Gasteiger partial charge in [0.1, 0.15) is 0 Å². The Morgan fingerprint density at radius 3 is 2.53 bits per heavy atom. The van der Waals surface area contributed by atoms with E-state index in [1.54, 1.807) is 26.8 Å². The van der Waals surface area contributed by atoms with Crippen molar-refractivity contribution in [2.45, 2.75) is 32.4 Å². The quantitative estimate of drug-likeness (QED) is 0.422. The smallest absolute Gasteiger partial charge is 0.273 e. The monoisotopic (exact) mass is 239 g/mol. The summed E-state index contributed by atoms with van der Waals surface area (Å²) in [7, 11) is 0. The van der Waals surface area contributed by atoms with Crippen molar-refractivity contribution in [3.63, 3.8) is 0 Å². The Labute approximate surface area is 99.6 Å². The first-order valence-electron chi connectivity index (χ1n) is 5.23. The van der Waals surface area contributed by atoms with Crippen LogP contribution >= 0.6 is 0 Å². The summed E-state index contributed by atoms with van der Waals surface area (Å²) in [5.41, 5.74) is 5.74. The number of anilines is 2. The summed E-state index contributed by atoms with van der Waals surface area (Å²) >= 11 is 0. The number of nitrogens with one attached hydrogen (secondary N) is 1. The highest BCUT2D eigenvalue weighted by molar-refractivity contribution is 5.62. The topological polar surface area (TPSA) is 101 Å². The van der Waals surface area contributed by atoms with Crippen molar-refractivity contribution in [1.29, 1.82) is 0 Å². The number of aliphatic hydroxyl groups excluding tert-OH is 1. The molecule has 1 unspecified atom stereocenters. The number of nitro groups is 1. The lowest BCUT2D eigenvalue weighted by atomic mass is 9.98. The Balaban J connectivity index is 3.03. The van der Waals surface area contributed by atoms with Gasteiger partial charge in [-0.3, -0.25) is 10.1 Å². The number of nitrogen functional groups attached to an aromatic ring is 1. The summed E-state index contributed by atoms with van der Waals surface area (Å²) < 4.78 is 0. The zero-order chi connectivity index (χ0) is 13.2. The maximum atomic E-state index is 10.7. The minimum absolute atomic E-state index is 0.0751. The van der Waals surface area contributed by atoms with E-state index in [9.17, 15) is 15.2 Å². The van der Waals surface area contributed by atoms with Gasteiger partial charge in [-0.2, -0.15) is 0 Å². The van der Waals surface area contributed by atoms with E-state index in [2.05, 4.69) is 5.32 Å². The highest BCUT2D eigenvalue weighted by atomic mass is 16.6. The number of rotatable bonds is 4. The van der Waals surface area contributed by atoms with Gasteiger partial charge < -0.3 is 16.2 Å². The van der Waals surface area contributed by atoms with E-state index in [1.807, 2.05) is 0 Å². The Morgan fingerprint density at radius 2 is 2.06 bits per heavy atom. The predicted octanol–water partition coefficient (Wildman–Crippen LogP) is 1.75. The summed E-state index contributed by atoms with van der Waals surface area (Å²) in [6, 6.07) is 4.28. The van der Waals surface area contributed by atoms with E-state index in [1.165, 1.54) is 12.1 Å². The van der Waals surface area contributed by atoms with Gasteiger partial charge in [-0.25, -0.2) is 0 Å². The minimum Gasteiger partial charge on any atom is -0.398 e. The van der Waals surface area contributed by atoms with E-state index < -0.39 is 16.6 Å². The minimum atomic E-state index is -0.608. The van der Waals surface area contributed by atoms with Crippen LogP contribution in [0.4, 0.5) is 17.1 Å². The van der Waals surface area contributed by atoms with Crippen molar-refractivity contribution in [2.24, 2.45) is 0 Å². The predicted molar refractivity (Wildman–Crippen MR) is 66.9 cm³/mol. The second-order valence-electron chi connectivity index (χ2n) is 4.59. The molecule has 1 aromatic carbocycles. The summed E-state index contributed by atoms with van der Waals surface area (Å²) in [4.78, 5) is 10.2. The van der Waals surface area contributed by atoms with Gasteiger partial charge in [0.15, 0.2) is 0 Å². The zero-order valence-corrected chi connectivity index (χ0v) is 10.1. The van der Waals surface area contributed by atoms with Gasteiger partial charge in [0.05, 0.1) is 16.6 Å². The van der Waals surface area contributed by atoms with Gasteiger partial charge >= 0.3 is 0 Å². The number of benzene rings is 1. The average molecular weight is 239 g/mol. The molecule has 0 aliphatic carbocycles. The first-order valence-corrected chi connectivity index (χ1v) is 5.23. The molecule has 6 nitrogen and oxygen atoms in total. The number of nitro benzene ring substituents is 1. The standard InChI is InChI=1S/C11H17N3O3/c1-7(15)11(2,3)13-9-4-8(12)5-10(6-9)14(16)17/h4-7,13,15H,12H2,1-3H3. The van der Waals surface area contributed by atoms with Crippen molar-refractivity contribution in [2.75, 3.05) is 11.1 Å². The molecule has 6 heteroatoms. The largest absolute Gasteiger partial charge is 0.398 e. The third-order valence-corrected chi connectivity index (χ3v) is 2.66. The number of hydrogen-bond acceptors (Lipinski definition) is 5. The molecule has 0 aliphatic heterocycles. The highest BCUT2D eigenvalue weighted by Gasteiger charge is 2.24. The second kappa shape index (κ2) is 4.58. The van der Waals surface area contributed by atoms with Crippen LogP contribution in [0.15, 0.2) is 18.2 Å². The molecular formula is C11H17N3O3. The molecule has 1 aromatic rings.